The average Bonchev–Trinajstić information content (AvgIpc) is 3.16. The second-order valence-electron chi connectivity index (χ2n) is 11.3. The standard InChI is InChI=1S/C29H33F3N6O7/c1-27(2,35-25(42)43)23(40)34-21(16-45-15-19-8-4-3-5-9-19)22(39)36-12-13-38-26(44)37(18-29(30,31)32)24(41)28(38,17-36)14-20-10-6-7-11-33-20/h3-11,21,35H,12-18H2,1-2H3,(H,34,40)(H,42,43)/t21-,28+/m1/s1. The zero-order valence-corrected chi connectivity index (χ0v) is 24.5. The lowest BCUT2D eigenvalue weighted by molar-refractivity contribution is -0.157. The second-order valence-corrected chi connectivity index (χ2v) is 11.3. The van der Waals surface area contributed by atoms with Crippen molar-refractivity contribution in [1.82, 2.24) is 30.3 Å². The van der Waals surface area contributed by atoms with Gasteiger partial charge in [-0.15, -0.1) is 0 Å². The number of ether oxygens (including phenoxy) is 1. The first-order valence-electron chi connectivity index (χ1n) is 14.0. The summed E-state index contributed by atoms with van der Waals surface area (Å²) in [4.78, 5) is 71.7. The molecule has 3 heterocycles. The van der Waals surface area contributed by atoms with Crippen LogP contribution in [-0.2, 0) is 32.1 Å². The van der Waals surface area contributed by atoms with Gasteiger partial charge in [0.05, 0.1) is 19.8 Å². The maximum absolute atomic E-state index is 14.0. The topological polar surface area (TPSA) is 161 Å². The Morgan fingerprint density at radius 2 is 1.76 bits per heavy atom. The van der Waals surface area contributed by atoms with Gasteiger partial charge in [-0.2, -0.15) is 13.2 Å². The Morgan fingerprint density at radius 3 is 2.38 bits per heavy atom. The lowest BCUT2D eigenvalue weighted by Crippen LogP contribution is -2.67. The van der Waals surface area contributed by atoms with Gasteiger partial charge in [-0.05, 0) is 31.5 Å². The molecular formula is C29H33F3N6O7. The normalized spacial score (nSPS) is 19.3. The summed E-state index contributed by atoms with van der Waals surface area (Å²) in [6.45, 7) is -0.418. The molecule has 4 rings (SSSR count). The summed E-state index contributed by atoms with van der Waals surface area (Å²) in [5.41, 5.74) is -2.47. The van der Waals surface area contributed by atoms with Crippen LogP contribution >= 0.6 is 0 Å². The van der Waals surface area contributed by atoms with Crippen molar-refractivity contribution < 1.29 is 47.0 Å². The van der Waals surface area contributed by atoms with E-state index in [4.69, 9.17) is 9.84 Å². The molecule has 1 aromatic carbocycles. The first-order chi connectivity index (χ1) is 21.1. The number of nitrogens with zero attached hydrogens (tertiary/aromatic N) is 4. The molecule has 2 atom stereocenters. The van der Waals surface area contributed by atoms with Gasteiger partial charge in [-0.25, -0.2) is 9.59 Å². The Labute approximate surface area is 256 Å². The van der Waals surface area contributed by atoms with Crippen LogP contribution in [0.25, 0.3) is 0 Å². The first-order valence-corrected chi connectivity index (χ1v) is 14.0. The molecule has 2 saturated heterocycles. The number of halogens is 3. The van der Waals surface area contributed by atoms with E-state index in [1.165, 1.54) is 24.9 Å². The lowest BCUT2D eigenvalue weighted by Gasteiger charge is -2.45. The third kappa shape index (κ3) is 7.68. The van der Waals surface area contributed by atoms with E-state index in [2.05, 4.69) is 15.6 Å². The molecule has 16 heteroatoms. The number of fused-ring (bicyclic) bond motifs is 1. The number of nitrogens with one attached hydrogen (secondary N) is 2. The molecule has 0 spiro atoms. The zero-order valence-electron chi connectivity index (χ0n) is 24.5. The van der Waals surface area contributed by atoms with E-state index >= 15 is 0 Å². The number of hydrogen-bond donors (Lipinski definition) is 3. The van der Waals surface area contributed by atoms with Gasteiger partial charge in [-0.3, -0.25) is 24.3 Å². The monoisotopic (exact) mass is 634 g/mol. The van der Waals surface area contributed by atoms with Crippen molar-refractivity contribution in [1.29, 1.82) is 0 Å². The number of alkyl halides is 3. The van der Waals surface area contributed by atoms with Crippen molar-refractivity contribution in [3.05, 3.63) is 66.0 Å². The second kappa shape index (κ2) is 13.1. The molecule has 45 heavy (non-hydrogen) atoms. The van der Waals surface area contributed by atoms with Crippen LogP contribution in [-0.4, -0.2) is 111 Å². The van der Waals surface area contributed by atoms with Gasteiger partial charge in [0.15, 0.2) is 0 Å². The predicted octanol–water partition coefficient (Wildman–Crippen LogP) is 1.78. The largest absolute Gasteiger partial charge is 0.465 e. The van der Waals surface area contributed by atoms with E-state index < -0.39 is 66.2 Å². The lowest BCUT2D eigenvalue weighted by atomic mass is 9.88. The van der Waals surface area contributed by atoms with Crippen LogP contribution in [0, 0.1) is 0 Å². The summed E-state index contributed by atoms with van der Waals surface area (Å²) < 4.78 is 45.9. The maximum Gasteiger partial charge on any atom is 0.406 e. The number of carboxylic acid groups (broad SMARTS) is 1. The minimum absolute atomic E-state index is 0.0635. The summed E-state index contributed by atoms with van der Waals surface area (Å²) in [5.74, 6) is -2.71. The zero-order chi connectivity index (χ0) is 33.0. The quantitative estimate of drug-likeness (QED) is 0.315. The number of carbonyl (C=O) groups excluding carboxylic acids is 4. The average molecular weight is 635 g/mol. The molecular weight excluding hydrogens is 601 g/mol. The third-order valence-electron chi connectivity index (χ3n) is 7.50. The number of imide groups is 1. The smallest absolute Gasteiger partial charge is 0.406 e. The summed E-state index contributed by atoms with van der Waals surface area (Å²) in [5, 5.41) is 13.7. The van der Waals surface area contributed by atoms with Crippen LogP contribution in [0.3, 0.4) is 0 Å². The van der Waals surface area contributed by atoms with Gasteiger partial charge in [-0.1, -0.05) is 36.4 Å². The number of urea groups is 1. The van der Waals surface area contributed by atoms with Crippen LogP contribution in [0.5, 0.6) is 0 Å². The number of carbonyl (C=O) groups is 5. The van der Waals surface area contributed by atoms with Gasteiger partial charge in [0, 0.05) is 31.4 Å². The highest BCUT2D eigenvalue weighted by atomic mass is 19.4. The molecule has 0 unspecified atom stereocenters. The Hall–Kier alpha value is -4.73. The van der Waals surface area contributed by atoms with E-state index in [0.717, 1.165) is 10.5 Å². The molecule has 2 fully saturated rings. The fourth-order valence-corrected chi connectivity index (χ4v) is 5.32. The number of pyridine rings is 1. The van der Waals surface area contributed by atoms with Crippen molar-refractivity contribution in [2.45, 2.75) is 50.2 Å². The molecule has 2 aliphatic rings. The Balaban J connectivity index is 1.62. The number of rotatable bonds is 11. The van der Waals surface area contributed by atoms with Gasteiger partial charge in [0.2, 0.25) is 11.8 Å². The Bertz CT molecular complexity index is 1430. The molecule has 0 aliphatic carbocycles. The van der Waals surface area contributed by atoms with E-state index in [0.29, 0.717) is 5.69 Å². The first kappa shape index (κ1) is 33.2. The van der Waals surface area contributed by atoms with Gasteiger partial charge in [0.25, 0.3) is 5.91 Å². The summed E-state index contributed by atoms with van der Waals surface area (Å²) >= 11 is 0. The highest BCUT2D eigenvalue weighted by Gasteiger charge is 2.61. The molecule has 2 aliphatic heterocycles. The van der Waals surface area contributed by atoms with Gasteiger partial charge < -0.3 is 30.3 Å². The fraction of sp³-hybridized carbons (Fsp3) is 0.448. The van der Waals surface area contributed by atoms with Crippen LogP contribution in [0.1, 0.15) is 25.1 Å². The minimum Gasteiger partial charge on any atom is -0.465 e. The van der Waals surface area contributed by atoms with Crippen molar-refractivity contribution in [3.8, 4) is 0 Å². The van der Waals surface area contributed by atoms with Crippen LogP contribution < -0.4 is 10.6 Å². The van der Waals surface area contributed by atoms with Gasteiger partial charge in [0.1, 0.15) is 23.7 Å². The van der Waals surface area contributed by atoms with Crippen LogP contribution in [0.15, 0.2) is 54.7 Å². The molecule has 3 N–H and O–H groups in total. The summed E-state index contributed by atoms with van der Waals surface area (Å²) in [6.07, 6.45) is -5.17. The predicted molar refractivity (Wildman–Crippen MR) is 150 cm³/mol. The van der Waals surface area contributed by atoms with Crippen molar-refractivity contribution in [3.63, 3.8) is 0 Å². The van der Waals surface area contributed by atoms with Gasteiger partial charge >= 0.3 is 18.3 Å². The fourth-order valence-electron chi connectivity index (χ4n) is 5.32. The third-order valence-corrected chi connectivity index (χ3v) is 7.50. The summed E-state index contributed by atoms with van der Waals surface area (Å²) in [7, 11) is 0. The van der Waals surface area contributed by atoms with Crippen molar-refractivity contribution >= 4 is 29.8 Å². The molecule has 1 aromatic heterocycles. The van der Waals surface area contributed by atoms with Crippen molar-refractivity contribution in [2.75, 3.05) is 32.8 Å². The summed E-state index contributed by atoms with van der Waals surface area (Å²) in [6, 6.07) is 11.2. The van der Waals surface area contributed by atoms with Crippen LogP contribution in [0.2, 0.25) is 0 Å². The highest BCUT2D eigenvalue weighted by Crippen LogP contribution is 2.36. The van der Waals surface area contributed by atoms with E-state index in [1.807, 2.05) is 0 Å². The number of piperazine rings is 1. The van der Waals surface area contributed by atoms with E-state index in [9.17, 15) is 37.1 Å². The Kier molecular flexibility index (Phi) is 9.65. The number of benzene rings is 1. The SMILES string of the molecule is CC(C)(NC(=O)O)C(=O)N[C@H](COCc1ccccc1)C(=O)N1CCN2C(=O)N(CC(F)(F)F)C(=O)[C@]2(Cc2ccccn2)C1. The van der Waals surface area contributed by atoms with Crippen molar-refractivity contribution in [2.24, 2.45) is 0 Å². The molecule has 0 bridgehead atoms. The van der Waals surface area contributed by atoms with E-state index in [1.54, 1.807) is 48.5 Å². The molecule has 0 saturated carbocycles. The number of aromatic nitrogens is 1. The molecule has 2 aromatic rings. The van der Waals surface area contributed by atoms with Crippen LogP contribution in [0.4, 0.5) is 22.8 Å². The molecule has 6 amide bonds. The molecule has 13 nitrogen and oxygen atoms in total. The highest BCUT2D eigenvalue weighted by molar-refractivity contribution is 6.08. The minimum atomic E-state index is -4.86. The number of amides is 6. The molecule has 242 valence electrons. The Morgan fingerprint density at radius 1 is 1.07 bits per heavy atom. The molecule has 0 radical (unpaired) electrons. The number of hydrogen-bond acceptors (Lipinski definition) is 7. The maximum atomic E-state index is 14.0. The van der Waals surface area contributed by atoms with E-state index in [-0.39, 0.29) is 37.6 Å².